The molecule has 0 radical (unpaired) electrons. The normalized spacial score (nSPS) is 10.1. The average Bonchev–Trinajstić information content (AvgIpc) is 2.34. The molecule has 2 heterocycles. The molecule has 2 rings (SSSR count). The van der Waals surface area contributed by atoms with Crippen LogP contribution in [-0.4, -0.2) is 21.0 Å². The van der Waals surface area contributed by atoms with Crippen LogP contribution in [0.25, 0.3) is 0 Å². The molecule has 0 bridgehead atoms. The molecule has 0 saturated heterocycles. The molecule has 18 heavy (non-hydrogen) atoms. The molecule has 6 nitrogen and oxygen atoms in total. The van der Waals surface area contributed by atoms with Crippen molar-refractivity contribution in [3.63, 3.8) is 0 Å². The van der Waals surface area contributed by atoms with Gasteiger partial charge in [0.15, 0.2) is 0 Å². The SMILES string of the molecule is Cc1ncccc1Nc1ncc(N)cc1C(=O)O. The third-order valence-corrected chi connectivity index (χ3v) is 2.40. The number of aromatic nitrogens is 2. The summed E-state index contributed by atoms with van der Waals surface area (Å²) in [5, 5.41) is 12.0. The van der Waals surface area contributed by atoms with E-state index in [1.54, 1.807) is 18.3 Å². The summed E-state index contributed by atoms with van der Waals surface area (Å²) < 4.78 is 0. The number of anilines is 3. The van der Waals surface area contributed by atoms with Gasteiger partial charge in [-0.05, 0) is 25.1 Å². The van der Waals surface area contributed by atoms with Gasteiger partial charge in [-0.15, -0.1) is 0 Å². The Labute approximate surface area is 104 Å². The maximum absolute atomic E-state index is 11.1. The molecular weight excluding hydrogens is 232 g/mol. The van der Waals surface area contributed by atoms with E-state index in [-0.39, 0.29) is 11.4 Å². The second-order valence-corrected chi connectivity index (χ2v) is 3.73. The standard InChI is InChI=1S/C12H12N4O2/c1-7-10(3-2-4-14-7)16-11-9(12(17)18)5-8(13)6-15-11/h2-6H,13H2,1H3,(H,15,16)(H,17,18). The Morgan fingerprint density at radius 2 is 2.22 bits per heavy atom. The van der Waals surface area contributed by atoms with Crippen LogP contribution in [0.1, 0.15) is 16.1 Å². The van der Waals surface area contributed by atoms with E-state index in [4.69, 9.17) is 10.8 Å². The minimum atomic E-state index is -1.08. The number of nitrogens with zero attached hydrogens (tertiary/aromatic N) is 2. The van der Waals surface area contributed by atoms with Gasteiger partial charge in [-0.1, -0.05) is 0 Å². The molecule has 0 atom stereocenters. The number of carboxylic acid groups (broad SMARTS) is 1. The van der Waals surface area contributed by atoms with Crippen molar-refractivity contribution in [1.29, 1.82) is 0 Å². The maximum Gasteiger partial charge on any atom is 0.339 e. The molecule has 0 saturated carbocycles. The summed E-state index contributed by atoms with van der Waals surface area (Å²) in [6.45, 7) is 1.82. The zero-order chi connectivity index (χ0) is 13.1. The second kappa shape index (κ2) is 4.70. The Kier molecular flexibility index (Phi) is 3.09. The molecule has 0 aliphatic rings. The fourth-order valence-corrected chi connectivity index (χ4v) is 1.49. The minimum absolute atomic E-state index is 0.0262. The number of nitrogens with one attached hydrogen (secondary N) is 1. The quantitative estimate of drug-likeness (QED) is 0.761. The molecule has 0 aliphatic carbocycles. The van der Waals surface area contributed by atoms with E-state index in [1.807, 2.05) is 6.92 Å². The lowest BCUT2D eigenvalue weighted by atomic mass is 10.2. The van der Waals surface area contributed by atoms with Gasteiger partial charge in [0, 0.05) is 6.20 Å². The van der Waals surface area contributed by atoms with Gasteiger partial charge in [0.25, 0.3) is 0 Å². The summed E-state index contributed by atoms with van der Waals surface area (Å²) >= 11 is 0. The maximum atomic E-state index is 11.1. The highest BCUT2D eigenvalue weighted by molar-refractivity contribution is 5.95. The van der Waals surface area contributed by atoms with Crippen molar-refractivity contribution < 1.29 is 9.90 Å². The molecule has 2 aromatic heterocycles. The average molecular weight is 244 g/mol. The van der Waals surface area contributed by atoms with Gasteiger partial charge in [0.05, 0.1) is 23.3 Å². The van der Waals surface area contributed by atoms with Crippen LogP contribution >= 0.6 is 0 Å². The number of aryl methyl sites for hydroxylation is 1. The van der Waals surface area contributed by atoms with Crippen LogP contribution in [-0.2, 0) is 0 Å². The summed E-state index contributed by atoms with van der Waals surface area (Å²) in [5.74, 6) is -0.841. The molecule has 0 spiro atoms. The number of hydrogen-bond acceptors (Lipinski definition) is 5. The highest BCUT2D eigenvalue weighted by atomic mass is 16.4. The van der Waals surface area contributed by atoms with Gasteiger partial charge in [0.1, 0.15) is 11.4 Å². The number of nitrogens with two attached hydrogens (primary N) is 1. The number of nitrogen functional groups attached to an aromatic ring is 1. The first-order valence-corrected chi connectivity index (χ1v) is 5.25. The lowest BCUT2D eigenvalue weighted by Crippen LogP contribution is -2.07. The van der Waals surface area contributed by atoms with Gasteiger partial charge < -0.3 is 16.2 Å². The molecule has 4 N–H and O–H groups in total. The summed E-state index contributed by atoms with van der Waals surface area (Å²) in [6, 6.07) is 4.92. The number of hydrogen-bond donors (Lipinski definition) is 3. The fourth-order valence-electron chi connectivity index (χ4n) is 1.49. The van der Waals surface area contributed by atoms with Crippen molar-refractivity contribution in [3.05, 3.63) is 41.9 Å². The monoisotopic (exact) mass is 244 g/mol. The van der Waals surface area contributed by atoms with Crippen LogP contribution in [0.4, 0.5) is 17.2 Å². The lowest BCUT2D eigenvalue weighted by Gasteiger charge is -2.10. The number of carbonyl (C=O) groups is 1. The largest absolute Gasteiger partial charge is 0.478 e. The summed E-state index contributed by atoms with van der Waals surface area (Å²) in [6.07, 6.45) is 3.06. The molecule has 0 aliphatic heterocycles. The van der Waals surface area contributed by atoms with Gasteiger partial charge >= 0.3 is 5.97 Å². The Morgan fingerprint density at radius 3 is 2.89 bits per heavy atom. The fraction of sp³-hybridized carbons (Fsp3) is 0.0833. The van der Waals surface area contributed by atoms with Crippen molar-refractivity contribution in [2.45, 2.75) is 6.92 Å². The predicted molar refractivity (Wildman–Crippen MR) is 67.9 cm³/mol. The summed E-state index contributed by atoms with van der Waals surface area (Å²) in [5.41, 5.74) is 7.32. The van der Waals surface area contributed by atoms with Crippen LogP contribution in [0.5, 0.6) is 0 Å². The van der Waals surface area contributed by atoms with Crippen LogP contribution in [0.3, 0.4) is 0 Å². The topological polar surface area (TPSA) is 101 Å². The zero-order valence-electron chi connectivity index (χ0n) is 9.71. The van der Waals surface area contributed by atoms with Gasteiger partial charge in [-0.25, -0.2) is 9.78 Å². The predicted octanol–water partition coefficient (Wildman–Crippen LogP) is 1.81. The Balaban J connectivity index is 2.41. The molecule has 0 fully saturated rings. The van der Waals surface area contributed by atoms with E-state index in [0.29, 0.717) is 11.4 Å². The molecule has 6 heteroatoms. The molecule has 0 amide bonds. The Hall–Kier alpha value is -2.63. The lowest BCUT2D eigenvalue weighted by molar-refractivity contribution is 0.0697. The van der Waals surface area contributed by atoms with Crippen molar-refractivity contribution in [2.24, 2.45) is 0 Å². The van der Waals surface area contributed by atoms with E-state index < -0.39 is 5.97 Å². The van der Waals surface area contributed by atoms with Gasteiger partial charge in [-0.2, -0.15) is 0 Å². The van der Waals surface area contributed by atoms with Crippen molar-refractivity contribution in [3.8, 4) is 0 Å². The highest BCUT2D eigenvalue weighted by Crippen LogP contribution is 2.21. The second-order valence-electron chi connectivity index (χ2n) is 3.73. The molecular formula is C12H12N4O2. The summed E-state index contributed by atoms with van der Waals surface area (Å²) in [4.78, 5) is 19.2. The van der Waals surface area contributed by atoms with Crippen molar-refractivity contribution >= 4 is 23.2 Å². The minimum Gasteiger partial charge on any atom is -0.478 e. The van der Waals surface area contributed by atoms with Crippen molar-refractivity contribution in [1.82, 2.24) is 9.97 Å². The van der Waals surface area contributed by atoms with Crippen molar-refractivity contribution in [2.75, 3.05) is 11.1 Å². The number of pyridine rings is 2. The Morgan fingerprint density at radius 1 is 1.44 bits per heavy atom. The van der Waals surface area contributed by atoms with Gasteiger partial charge in [0.2, 0.25) is 0 Å². The van der Waals surface area contributed by atoms with Crippen LogP contribution in [0.15, 0.2) is 30.6 Å². The number of aromatic carboxylic acids is 1. The number of rotatable bonds is 3. The molecule has 92 valence electrons. The van der Waals surface area contributed by atoms with Crippen LogP contribution in [0.2, 0.25) is 0 Å². The third-order valence-electron chi connectivity index (χ3n) is 2.40. The first-order valence-electron chi connectivity index (χ1n) is 5.25. The van der Waals surface area contributed by atoms with Crippen LogP contribution < -0.4 is 11.1 Å². The molecule has 2 aromatic rings. The van der Waals surface area contributed by atoms with Crippen LogP contribution in [0, 0.1) is 6.92 Å². The highest BCUT2D eigenvalue weighted by Gasteiger charge is 2.12. The van der Waals surface area contributed by atoms with E-state index in [9.17, 15) is 4.79 Å². The third kappa shape index (κ3) is 2.37. The van der Waals surface area contributed by atoms with E-state index in [2.05, 4.69) is 15.3 Å². The smallest absolute Gasteiger partial charge is 0.339 e. The Bertz CT molecular complexity index is 598. The first kappa shape index (κ1) is 11.8. The van der Waals surface area contributed by atoms with E-state index in [0.717, 1.165) is 5.69 Å². The van der Waals surface area contributed by atoms with Gasteiger partial charge in [-0.3, -0.25) is 4.98 Å². The van der Waals surface area contributed by atoms with E-state index in [1.165, 1.54) is 12.3 Å². The van der Waals surface area contributed by atoms with E-state index >= 15 is 0 Å². The molecule has 0 unspecified atom stereocenters. The zero-order valence-corrected chi connectivity index (χ0v) is 9.71. The first-order chi connectivity index (χ1) is 8.58. The number of carboxylic acids is 1. The summed E-state index contributed by atoms with van der Waals surface area (Å²) in [7, 11) is 0. The molecule has 0 aromatic carbocycles.